The van der Waals surface area contributed by atoms with E-state index in [4.69, 9.17) is 21.1 Å². The molecule has 0 spiro atoms. The number of carbonyl (C=O) groups excluding carboxylic acids is 1. The van der Waals surface area contributed by atoms with E-state index in [2.05, 4.69) is 10.2 Å². The molecule has 5 nitrogen and oxygen atoms in total. The van der Waals surface area contributed by atoms with Gasteiger partial charge in [0.15, 0.2) is 6.61 Å². The minimum atomic E-state index is -0.506. The number of carbonyl (C=O) groups is 1. The van der Waals surface area contributed by atoms with Gasteiger partial charge >= 0.3 is 5.97 Å². The van der Waals surface area contributed by atoms with Crippen LogP contribution in [0.2, 0.25) is 5.02 Å². The highest BCUT2D eigenvalue weighted by Crippen LogP contribution is 2.21. The summed E-state index contributed by atoms with van der Waals surface area (Å²) in [6.45, 7) is 1.67. The lowest BCUT2D eigenvalue weighted by Gasteiger charge is -2.08. The Labute approximate surface area is 109 Å². The van der Waals surface area contributed by atoms with Crippen molar-refractivity contribution < 1.29 is 14.3 Å². The van der Waals surface area contributed by atoms with Crippen LogP contribution < -0.4 is 9.47 Å². The van der Waals surface area contributed by atoms with Gasteiger partial charge in [-0.1, -0.05) is 11.6 Å². The highest BCUT2D eigenvalue weighted by atomic mass is 35.5. The monoisotopic (exact) mass is 266 g/mol. The highest BCUT2D eigenvalue weighted by molar-refractivity contribution is 6.30. The number of nitrogens with one attached hydrogen (secondary N) is 1. The number of esters is 1. The van der Waals surface area contributed by atoms with Crippen LogP contribution in [-0.4, -0.2) is 22.8 Å². The van der Waals surface area contributed by atoms with Crippen LogP contribution in [-0.2, 0) is 4.79 Å². The molecule has 0 unspecified atom stereocenters. The third-order valence-corrected chi connectivity index (χ3v) is 2.42. The van der Waals surface area contributed by atoms with E-state index in [0.717, 1.165) is 5.56 Å². The van der Waals surface area contributed by atoms with E-state index in [-0.39, 0.29) is 12.5 Å². The van der Waals surface area contributed by atoms with Crippen molar-refractivity contribution >= 4 is 17.6 Å². The first kappa shape index (κ1) is 12.4. The number of benzene rings is 1. The maximum Gasteiger partial charge on any atom is 0.350 e. The fourth-order valence-corrected chi connectivity index (χ4v) is 1.59. The van der Waals surface area contributed by atoms with Gasteiger partial charge in [0.05, 0.1) is 6.20 Å². The summed E-state index contributed by atoms with van der Waals surface area (Å²) >= 11 is 5.82. The average Bonchev–Trinajstić information content (AvgIpc) is 2.80. The van der Waals surface area contributed by atoms with Gasteiger partial charge in [-0.3, -0.25) is 0 Å². The molecule has 0 aliphatic heterocycles. The predicted octanol–water partition coefficient (Wildman–Crippen LogP) is 2.36. The Kier molecular flexibility index (Phi) is 3.84. The van der Waals surface area contributed by atoms with Gasteiger partial charge < -0.3 is 9.47 Å². The molecule has 0 fully saturated rings. The van der Waals surface area contributed by atoms with Crippen LogP contribution in [0.3, 0.4) is 0 Å². The Morgan fingerprint density at radius 1 is 1.44 bits per heavy atom. The van der Waals surface area contributed by atoms with Gasteiger partial charge in [-0.15, -0.1) is 0 Å². The Hall–Kier alpha value is -2.01. The van der Waals surface area contributed by atoms with E-state index >= 15 is 0 Å². The van der Waals surface area contributed by atoms with Crippen LogP contribution in [0.25, 0.3) is 0 Å². The van der Waals surface area contributed by atoms with Crippen LogP contribution >= 0.6 is 11.6 Å². The maximum absolute atomic E-state index is 11.4. The van der Waals surface area contributed by atoms with Gasteiger partial charge in [-0.2, -0.15) is 5.10 Å². The van der Waals surface area contributed by atoms with Crippen molar-refractivity contribution in [3.63, 3.8) is 0 Å². The third kappa shape index (κ3) is 3.24. The van der Waals surface area contributed by atoms with Gasteiger partial charge in [0.25, 0.3) is 0 Å². The van der Waals surface area contributed by atoms with Crippen molar-refractivity contribution in [2.24, 2.45) is 0 Å². The van der Waals surface area contributed by atoms with Crippen molar-refractivity contribution in [3.8, 4) is 11.6 Å². The highest BCUT2D eigenvalue weighted by Gasteiger charge is 2.08. The summed E-state index contributed by atoms with van der Waals surface area (Å²) in [5.41, 5.74) is 0.858. The van der Waals surface area contributed by atoms with Crippen LogP contribution in [0.15, 0.2) is 30.5 Å². The Morgan fingerprint density at radius 2 is 2.28 bits per heavy atom. The largest absolute Gasteiger partial charge is 0.482 e. The smallest absolute Gasteiger partial charge is 0.350 e. The predicted molar refractivity (Wildman–Crippen MR) is 65.9 cm³/mol. The lowest BCUT2D eigenvalue weighted by Crippen LogP contribution is -2.18. The fraction of sp³-hybridized carbons (Fsp3) is 0.167. The number of hydrogen-bond donors (Lipinski definition) is 1. The van der Waals surface area contributed by atoms with E-state index < -0.39 is 5.97 Å². The zero-order valence-corrected chi connectivity index (χ0v) is 10.4. The van der Waals surface area contributed by atoms with E-state index in [1.54, 1.807) is 24.3 Å². The number of aromatic amines is 1. The lowest BCUT2D eigenvalue weighted by atomic mass is 10.2. The molecule has 2 rings (SSSR count). The van der Waals surface area contributed by atoms with E-state index in [0.29, 0.717) is 10.8 Å². The number of aryl methyl sites for hydroxylation is 1. The van der Waals surface area contributed by atoms with E-state index in [1.807, 2.05) is 6.92 Å². The van der Waals surface area contributed by atoms with E-state index in [1.165, 1.54) is 6.20 Å². The van der Waals surface area contributed by atoms with Gasteiger partial charge in [-0.05, 0) is 30.7 Å². The van der Waals surface area contributed by atoms with Gasteiger partial charge in [0, 0.05) is 11.1 Å². The Balaban J connectivity index is 1.89. The molecule has 0 saturated heterocycles. The fourth-order valence-electron chi connectivity index (χ4n) is 1.36. The molecule has 1 aromatic carbocycles. The SMILES string of the molecule is Cc1cc(Cl)ccc1OCC(=O)Oc1ccn[nH]1. The van der Waals surface area contributed by atoms with E-state index in [9.17, 15) is 4.79 Å². The Bertz CT molecular complexity index is 540. The van der Waals surface area contributed by atoms with Gasteiger partial charge in [-0.25, -0.2) is 9.89 Å². The number of ether oxygens (including phenoxy) is 2. The molecule has 0 bridgehead atoms. The minimum absolute atomic E-state index is 0.179. The molecule has 1 heterocycles. The van der Waals surface area contributed by atoms with Crippen LogP contribution in [0, 0.1) is 6.92 Å². The summed E-state index contributed by atoms with van der Waals surface area (Å²) in [4.78, 5) is 11.4. The minimum Gasteiger partial charge on any atom is -0.482 e. The second kappa shape index (κ2) is 5.55. The standard InChI is InChI=1S/C12H11ClN2O3/c1-8-6-9(13)2-3-10(8)17-7-12(16)18-11-4-5-14-15-11/h2-6H,7H2,1H3,(H,14,15). The molecule has 0 aliphatic carbocycles. The van der Waals surface area contributed by atoms with Crippen molar-refractivity contribution in [1.29, 1.82) is 0 Å². The molecule has 18 heavy (non-hydrogen) atoms. The van der Waals surface area contributed by atoms with Crippen LogP contribution in [0.5, 0.6) is 11.6 Å². The first-order chi connectivity index (χ1) is 8.65. The summed E-state index contributed by atoms with van der Waals surface area (Å²) in [6, 6.07) is 6.72. The maximum atomic E-state index is 11.4. The summed E-state index contributed by atoms with van der Waals surface area (Å²) < 4.78 is 10.3. The molecule has 0 aliphatic rings. The van der Waals surface area contributed by atoms with Gasteiger partial charge in [0.2, 0.25) is 5.88 Å². The molecular formula is C12H11ClN2O3. The second-order valence-electron chi connectivity index (χ2n) is 3.59. The normalized spacial score (nSPS) is 10.1. The van der Waals surface area contributed by atoms with Gasteiger partial charge in [0.1, 0.15) is 5.75 Å². The lowest BCUT2D eigenvalue weighted by molar-refractivity contribution is -0.136. The number of hydrogen-bond acceptors (Lipinski definition) is 4. The molecule has 0 saturated carbocycles. The molecule has 2 aromatic rings. The zero-order chi connectivity index (χ0) is 13.0. The van der Waals surface area contributed by atoms with Crippen molar-refractivity contribution in [1.82, 2.24) is 10.2 Å². The number of halogens is 1. The number of aromatic nitrogens is 2. The number of rotatable bonds is 4. The van der Waals surface area contributed by atoms with Crippen LogP contribution in [0.4, 0.5) is 0 Å². The molecule has 1 aromatic heterocycles. The number of nitrogens with zero attached hydrogens (tertiary/aromatic N) is 1. The zero-order valence-electron chi connectivity index (χ0n) is 9.64. The molecule has 0 atom stereocenters. The first-order valence-corrected chi connectivity index (χ1v) is 5.62. The first-order valence-electron chi connectivity index (χ1n) is 5.24. The third-order valence-electron chi connectivity index (χ3n) is 2.18. The topological polar surface area (TPSA) is 64.2 Å². The van der Waals surface area contributed by atoms with Crippen LogP contribution in [0.1, 0.15) is 5.56 Å². The summed E-state index contributed by atoms with van der Waals surface area (Å²) in [5.74, 6) is 0.381. The summed E-state index contributed by atoms with van der Waals surface area (Å²) in [7, 11) is 0. The Morgan fingerprint density at radius 3 is 2.94 bits per heavy atom. The molecule has 0 amide bonds. The average molecular weight is 267 g/mol. The molecule has 94 valence electrons. The van der Waals surface area contributed by atoms with Crippen molar-refractivity contribution in [2.45, 2.75) is 6.92 Å². The molecular weight excluding hydrogens is 256 g/mol. The van der Waals surface area contributed by atoms with Crippen molar-refractivity contribution in [2.75, 3.05) is 6.61 Å². The molecule has 6 heteroatoms. The second-order valence-corrected chi connectivity index (χ2v) is 4.03. The van der Waals surface area contributed by atoms with Crippen molar-refractivity contribution in [3.05, 3.63) is 41.0 Å². The summed E-state index contributed by atoms with van der Waals surface area (Å²) in [6.07, 6.45) is 1.49. The summed E-state index contributed by atoms with van der Waals surface area (Å²) in [5, 5.41) is 6.80. The number of H-pyrrole nitrogens is 1. The molecule has 1 N–H and O–H groups in total. The molecule has 0 radical (unpaired) electrons. The quantitative estimate of drug-likeness (QED) is 0.863.